The van der Waals surface area contributed by atoms with Crippen LogP contribution in [0.1, 0.15) is 20.3 Å². The number of aliphatic hydroxyl groups is 1. The summed E-state index contributed by atoms with van der Waals surface area (Å²) in [5.74, 6) is 0.595. The van der Waals surface area contributed by atoms with E-state index >= 15 is 0 Å². The Morgan fingerprint density at radius 3 is 2.62 bits per heavy atom. The van der Waals surface area contributed by atoms with Crippen molar-refractivity contribution in [2.24, 2.45) is 5.92 Å². The molecule has 13 heavy (non-hydrogen) atoms. The minimum atomic E-state index is -0.953. The van der Waals surface area contributed by atoms with E-state index in [0.717, 1.165) is 5.75 Å². The summed E-state index contributed by atoms with van der Waals surface area (Å²) < 4.78 is 4.86. The minimum Gasteiger partial charge on any atom is -0.464 e. The monoisotopic (exact) mass is 206 g/mol. The van der Waals surface area contributed by atoms with Crippen molar-refractivity contribution in [3.8, 4) is 0 Å². The molecule has 0 aromatic rings. The van der Waals surface area contributed by atoms with Crippen molar-refractivity contribution in [3.63, 3.8) is 0 Å². The lowest BCUT2D eigenvalue weighted by atomic mass is 10.2. The zero-order valence-corrected chi connectivity index (χ0v) is 9.26. The lowest BCUT2D eigenvalue weighted by molar-refractivity contribution is -0.154. The topological polar surface area (TPSA) is 46.5 Å². The average Bonchev–Trinajstić information content (AvgIpc) is 2.10. The average molecular weight is 206 g/mol. The lowest BCUT2D eigenvalue weighted by Crippen LogP contribution is -2.25. The number of hydrogen-bond acceptors (Lipinski definition) is 4. The molecule has 0 aliphatic rings. The Kier molecular flexibility index (Phi) is 7.09. The highest BCUT2D eigenvalue weighted by atomic mass is 32.2. The van der Waals surface area contributed by atoms with Crippen molar-refractivity contribution in [1.29, 1.82) is 0 Å². The van der Waals surface area contributed by atoms with Crippen LogP contribution in [0.2, 0.25) is 0 Å². The molecule has 0 saturated carbocycles. The first kappa shape index (κ1) is 12.8. The Labute approximate surface area is 83.9 Å². The molecule has 0 aromatic carbocycles. The standard InChI is InChI=1S/C9H18O3S/c1-7(2)6-12-9(11)8(10)4-5-13-3/h7-8,10H,4-6H2,1-3H3. The molecule has 0 amide bonds. The molecule has 0 aromatic heterocycles. The molecular weight excluding hydrogens is 188 g/mol. The maximum atomic E-state index is 11.1. The molecule has 0 bridgehead atoms. The largest absolute Gasteiger partial charge is 0.464 e. The lowest BCUT2D eigenvalue weighted by Gasteiger charge is -2.11. The summed E-state index contributed by atoms with van der Waals surface area (Å²) in [5.41, 5.74) is 0. The van der Waals surface area contributed by atoms with Gasteiger partial charge in [0, 0.05) is 0 Å². The number of hydrogen-bond donors (Lipinski definition) is 1. The maximum absolute atomic E-state index is 11.1. The van der Waals surface area contributed by atoms with Gasteiger partial charge >= 0.3 is 5.97 Å². The Balaban J connectivity index is 3.57. The van der Waals surface area contributed by atoms with E-state index in [1.165, 1.54) is 0 Å². The van der Waals surface area contributed by atoms with Gasteiger partial charge in [-0.25, -0.2) is 4.79 Å². The van der Waals surface area contributed by atoms with Crippen LogP contribution in [0.4, 0.5) is 0 Å². The second-order valence-electron chi connectivity index (χ2n) is 3.32. The van der Waals surface area contributed by atoms with Gasteiger partial charge in [-0.15, -0.1) is 0 Å². The van der Waals surface area contributed by atoms with E-state index in [9.17, 15) is 9.90 Å². The van der Waals surface area contributed by atoms with Crippen molar-refractivity contribution >= 4 is 17.7 Å². The normalized spacial score (nSPS) is 13.0. The maximum Gasteiger partial charge on any atom is 0.334 e. The van der Waals surface area contributed by atoms with Gasteiger partial charge in [-0.2, -0.15) is 11.8 Å². The number of thioether (sulfide) groups is 1. The second kappa shape index (κ2) is 7.21. The van der Waals surface area contributed by atoms with Crippen molar-refractivity contribution < 1.29 is 14.6 Å². The molecule has 0 aliphatic carbocycles. The summed E-state index contributed by atoms with van der Waals surface area (Å²) >= 11 is 1.60. The van der Waals surface area contributed by atoms with E-state index in [1.807, 2.05) is 20.1 Å². The molecule has 1 N–H and O–H groups in total. The molecule has 0 aliphatic heterocycles. The first-order chi connectivity index (χ1) is 6.07. The van der Waals surface area contributed by atoms with Gasteiger partial charge in [-0.05, 0) is 24.3 Å². The van der Waals surface area contributed by atoms with E-state index in [2.05, 4.69) is 0 Å². The van der Waals surface area contributed by atoms with Gasteiger partial charge in [-0.3, -0.25) is 0 Å². The van der Waals surface area contributed by atoms with Gasteiger partial charge in [0.15, 0.2) is 6.10 Å². The van der Waals surface area contributed by atoms with E-state index in [1.54, 1.807) is 11.8 Å². The molecule has 0 spiro atoms. The van der Waals surface area contributed by atoms with Crippen LogP contribution in [0.5, 0.6) is 0 Å². The smallest absolute Gasteiger partial charge is 0.334 e. The summed E-state index contributed by atoms with van der Waals surface area (Å²) in [5, 5.41) is 9.27. The zero-order chi connectivity index (χ0) is 10.3. The van der Waals surface area contributed by atoms with Gasteiger partial charge < -0.3 is 9.84 Å². The predicted molar refractivity (Wildman–Crippen MR) is 54.8 cm³/mol. The fourth-order valence-electron chi connectivity index (χ4n) is 0.692. The molecule has 0 rings (SSSR count). The molecule has 1 unspecified atom stereocenters. The van der Waals surface area contributed by atoms with Crippen molar-refractivity contribution in [2.75, 3.05) is 18.6 Å². The van der Waals surface area contributed by atoms with Crippen LogP contribution in [-0.4, -0.2) is 35.8 Å². The summed E-state index contributed by atoms with van der Waals surface area (Å²) in [4.78, 5) is 11.1. The zero-order valence-electron chi connectivity index (χ0n) is 8.45. The first-order valence-electron chi connectivity index (χ1n) is 4.41. The summed E-state index contributed by atoms with van der Waals surface area (Å²) in [6, 6.07) is 0. The van der Waals surface area contributed by atoms with Crippen LogP contribution < -0.4 is 0 Å². The van der Waals surface area contributed by atoms with E-state index in [0.29, 0.717) is 18.9 Å². The molecule has 3 nitrogen and oxygen atoms in total. The SMILES string of the molecule is CSCCC(O)C(=O)OCC(C)C. The molecule has 0 saturated heterocycles. The fraction of sp³-hybridized carbons (Fsp3) is 0.889. The number of carbonyl (C=O) groups excluding carboxylic acids is 1. The second-order valence-corrected chi connectivity index (χ2v) is 4.31. The van der Waals surface area contributed by atoms with Gasteiger partial charge in [0.05, 0.1) is 6.61 Å². The van der Waals surface area contributed by atoms with Crippen LogP contribution in [-0.2, 0) is 9.53 Å². The Morgan fingerprint density at radius 2 is 2.15 bits per heavy atom. The van der Waals surface area contributed by atoms with E-state index < -0.39 is 12.1 Å². The summed E-state index contributed by atoms with van der Waals surface area (Å²) in [6.07, 6.45) is 1.45. The third kappa shape index (κ3) is 6.90. The molecule has 78 valence electrons. The highest BCUT2D eigenvalue weighted by Gasteiger charge is 2.15. The van der Waals surface area contributed by atoms with Crippen LogP contribution in [0.15, 0.2) is 0 Å². The van der Waals surface area contributed by atoms with Crippen LogP contribution in [0.25, 0.3) is 0 Å². The number of esters is 1. The minimum absolute atomic E-state index is 0.316. The Bertz CT molecular complexity index is 148. The fourth-order valence-corrected chi connectivity index (χ4v) is 1.15. The predicted octanol–water partition coefficient (Wildman–Crippen LogP) is 1.30. The summed E-state index contributed by atoms with van der Waals surface area (Å²) in [7, 11) is 0. The summed E-state index contributed by atoms with van der Waals surface area (Å²) in [6.45, 7) is 4.30. The number of rotatable bonds is 6. The quantitative estimate of drug-likeness (QED) is 0.665. The van der Waals surface area contributed by atoms with Crippen LogP contribution in [0, 0.1) is 5.92 Å². The first-order valence-corrected chi connectivity index (χ1v) is 5.81. The third-order valence-electron chi connectivity index (χ3n) is 1.43. The number of ether oxygens (including phenoxy) is 1. The van der Waals surface area contributed by atoms with Crippen LogP contribution in [0.3, 0.4) is 0 Å². The highest BCUT2D eigenvalue weighted by molar-refractivity contribution is 7.98. The van der Waals surface area contributed by atoms with Gasteiger partial charge in [-0.1, -0.05) is 13.8 Å². The van der Waals surface area contributed by atoms with Gasteiger partial charge in [0.1, 0.15) is 0 Å². The van der Waals surface area contributed by atoms with Crippen molar-refractivity contribution in [3.05, 3.63) is 0 Å². The Hall–Kier alpha value is -0.220. The molecule has 4 heteroatoms. The Morgan fingerprint density at radius 1 is 1.54 bits per heavy atom. The van der Waals surface area contributed by atoms with Crippen molar-refractivity contribution in [1.82, 2.24) is 0 Å². The highest BCUT2D eigenvalue weighted by Crippen LogP contribution is 2.03. The van der Waals surface area contributed by atoms with Gasteiger partial charge in [0.25, 0.3) is 0 Å². The molecule has 0 heterocycles. The molecule has 0 radical (unpaired) electrons. The third-order valence-corrected chi connectivity index (χ3v) is 2.07. The number of aliphatic hydroxyl groups excluding tert-OH is 1. The molecular formula is C9H18O3S. The van der Waals surface area contributed by atoms with E-state index in [4.69, 9.17) is 4.74 Å². The van der Waals surface area contributed by atoms with Crippen molar-refractivity contribution in [2.45, 2.75) is 26.4 Å². The molecule has 0 fully saturated rings. The van der Waals surface area contributed by atoms with Gasteiger partial charge in [0.2, 0.25) is 0 Å². The number of carbonyl (C=O) groups is 1. The van der Waals surface area contributed by atoms with Crippen LogP contribution >= 0.6 is 11.8 Å². The van der Waals surface area contributed by atoms with E-state index in [-0.39, 0.29) is 0 Å². The molecule has 1 atom stereocenters.